The van der Waals surface area contributed by atoms with Crippen LogP contribution >= 0.6 is 11.8 Å². The summed E-state index contributed by atoms with van der Waals surface area (Å²) in [5.74, 6) is 0. The molecule has 1 N–H and O–H groups in total. The lowest BCUT2D eigenvalue weighted by Crippen LogP contribution is -2.34. The Balaban J connectivity index is 1.94. The maximum atomic E-state index is 9.19. The van der Waals surface area contributed by atoms with Crippen LogP contribution in [0.1, 0.15) is 5.56 Å². The molecule has 2 aliphatic heterocycles. The molecule has 1 aromatic rings. The van der Waals surface area contributed by atoms with E-state index in [1.807, 2.05) is 18.2 Å². The van der Waals surface area contributed by atoms with Crippen LogP contribution in [-0.2, 0) is 0 Å². The SMILES string of the molecule is OCCN1C(c2ccccc2)=CN2C=CSC21. The van der Waals surface area contributed by atoms with E-state index in [0.717, 1.165) is 0 Å². The largest absolute Gasteiger partial charge is 0.395 e. The highest BCUT2D eigenvalue weighted by atomic mass is 32.2. The summed E-state index contributed by atoms with van der Waals surface area (Å²) in [4.78, 5) is 4.42. The number of hydrogen-bond donors (Lipinski definition) is 1. The first-order valence-corrected chi connectivity index (χ1v) is 6.59. The van der Waals surface area contributed by atoms with Crippen LogP contribution in [0, 0.1) is 0 Å². The van der Waals surface area contributed by atoms with Crippen molar-refractivity contribution in [2.24, 2.45) is 0 Å². The van der Waals surface area contributed by atoms with E-state index in [1.165, 1.54) is 11.3 Å². The fourth-order valence-electron chi connectivity index (χ4n) is 2.18. The standard InChI is InChI=1S/C13H14N2OS/c16-8-6-15-12(11-4-2-1-3-5-11)10-14-7-9-17-13(14)15/h1-5,7,9-10,13,16H,6,8H2. The Morgan fingerprint density at radius 1 is 1.24 bits per heavy atom. The van der Waals surface area contributed by atoms with E-state index in [-0.39, 0.29) is 12.1 Å². The van der Waals surface area contributed by atoms with E-state index in [1.54, 1.807) is 11.8 Å². The first-order chi connectivity index (χ1) is 8.40. The zero-order valence-corrected chi connectivity index (χ0v) is 10.2. The zero-order valence-electron chi connectivity index (χ0n) is 9.36. The minimum absolute atomic E-state index is 0.176. The van der Waals surface area contributed by atoms with Crippen molar-refractivity contribution in [3.05, 3.63) is 53.7 Å². The van der Waals surface area contributed by atoms with E-state index in [2.05, 4.69) is 39.7 Å². The molecular weight excluding hydrogens is 232 g/mol. The molecule has 0 saturated carbocycles. The van der Waals surface area contributed by atoms with Gasteiger partial charge in [-0.05, 0) is 11.0 Å². The summed E-state index contributed by atoms with van der Waals surface area (Å²) in [5, 5.41) is 11.3. The van der Waals surface area contributed by atoms with Crippen molar-refractivity contribution in [3.63, 3.8) is 0 Å². The molecule has 1 unspecified atom stereocenters. The van der Waals surface area contributed by atoms with Crippen molar-refractivity contribution in [3.8, 4) is 0 Å². The summed E-state index contributed by atoms with van der Waals surface area (Å²) >= 11 is 1.77. The quantitative estimate of drug-likeness (QED) is 0.883. The minimum Gasteiger partial charge on any atom is -0.395 e. The first-order valence-electron chi connectivity index (χ1n) is 5.64. The molecule has 17 heavy (non-hydrogen) atoms. The molecule has 2 aliphatic rings. The van der Waals surface area contributed by atoms with Crippen LogP contribution < -0.4 is 0 Å². The molecule has 3 rings (SSSR count). The van der Waals surface area contributed by atoms with E-state index >= 15 is 0 Å². The van der Waals surface area contributed by atoms with Crippen LogP contribution in [-0.4, -0.2) is 33.6 Å². The van der Waals surface area contributed by atoms with Crippen molar-refractivity contribution >= 4 is 17.5 Å². The normalized spacial score (nSPS) is 21.9. The molecule has 0 aliphatic carbocycles. The van der Waals surface area contributed by atoms with Crippen LogP contribution in [0.2, 0.25) is 0 Å². The highest BCUT2D eigenvalue weighted by Crippen LogP contribution is 2.39. The van der Waals surface area contributed by atoms with Gasteiger partial charge in [0.1, 0.15) is 0 Å². The van der Waals surface area contributed by atoms with Gasteiger partial charge in [-0.25, -0.2) is 0 Å². The summed E-state index contributed by atoms with van der Waals surface area (Å²) in [6.45, 7) is 0.839. The molecule has 1 atom stereocenters. The van der Waals surface area contributed by atoms with E-state index in [4.69, 9.17) is 0 Å². The molecule has 0 aromatic heterocycles. The monoisotopic (exact) mass is 246 g/mol. The van der Waals surface area contributed by atoms with Crippen LogP contribution in [0.3, 0.4) is 0 Å². The Morgan fingerprint density at radius 3 is 2.82 bits per heavy atom. The summed E-state index contributed by atoms with van der Waals surface area (Å²) in [5.41, 5.74) is 2.66. The highest BCUT2D eigenvalue weighted by molar-refractivity contribution is 8.02. The summed E-state index contributed by atoms with van der Waals surface area (Å²) in [7, 11) is 0. The predicted octanol–water partition coefficient (Wildman–Crippen LogP) is 2.10. The number of hydrogen-bond acceptors (Lipinski definition) is 4. The van der Waals surface area contributed by atoms with Crippen molar-refractivity contribution < 1.29 is 5.11 Å². The number of benzene rings is 1. The average molecular weight is 246 g/mol. The molecule has 2 heterocycles. The summed E-state index contributed by atoms with van der Waals surface area (Å²) in [6.07, 6.45) is 4.22. The number of aliphatic hydroxyl groups excluding tert-OH is 1. The third kappa shape index (κ3) is 1.83. The Morgan fingerprint density at radius 2 is 2.06 bits per heavy atom. The second kappa shape index (κ2) is 4.47. The van der Waals surface area contributed by atoms with Crippen molar-refractivity contribution in [2.75, 3.05) is 13.2 Å². The van der Waals surface area contributed by atoms with E-state index in [0.29, 0.717) is 6.54 Å². The molecule has 3 nitrogen and oxygen atoms in total. The number of nitrogens with zero attached hydrogens (tertiary/aromatic N) is 2. The van der Waals surface area contributed by atoms with Gasteiger partial charge in [-0.2, -0.15) is 0 Å². The molecule has 0 amide bonds. The highest BCUT2D eigenvalue weighted by Gasteiger charge is 2.33. The third-order valence-electron chi connectivity index (χ3n) is 2.95. The molecule has 1 aromatic carbocycles. The molecule has 0 bridgehead atoms. The smallest absolute Gasteiger partial charge is 0.158 e. The lowest BCUT2D eigenvalue weighted by molar-refractivity contribution is 0.215. The van der Waals surface area contributed by atoms with Crippen molar-refractivity contribution in [1.82, 2.24) is 9.80 Å². The topological polar surface area (TPSA) is 26.7 Å². The first kappa shape index (κ1) is 10.7. The van der Waals surface area contributed by atoms with Crippen LogP contribution in [0.25, 0.3) is 5.70 Å². The Labute approximate surface area is 105 Å². The van der Waals surface area contributed by atoms with Crippen molar-refractivity contribution in [1.29, 1.82) is 0 Å². The van der Waals surface area contributed by atoms with Crippen LogP contribution in [0.4, 0.5) is 0 Å². The fraction of sp³-hybridized carbons (Fsp3) is 0.231. The zero-order chi connectivity index (χ0) is 11.7. The van der Waals surface area contributed by atoms with Gasteiger partial charge in [-0.1, -0.05) is 42.1 Å². The van der Waals surface area contributed by atoms with Gasteiger partial charge in [0.2, 0.25) is 0 Å². The number of rotatable bonds is 3. The number of aliphatic hydroxyl groups is 1. The molecular formula is C13H14N2OS. The lowest BCUT2D eigenvalue weighted by atomic mass is 10.1. The Bertz CT molecular complexity index is 458. The molecule has 0 saturated heterocycles. The van der Waals surface area contributed by atoms with Gasteiger partial charge in [0, 0.05) is 18.9 Å². The molecule has 88 valence electrons. The van der Waals surface area contributed by atoms with Gasteiger partial charge in [0.25, 0.3) is 0 Å². The number of thioether (sulfide) groups is 1. The second-order valence-corrected chi connectivity index (χ2v) is 4.96. The van der Waals surface area contributed by atoms with Gasteiger partial charge < -0.3 is 14.9 Å². The fourth-order valence-corrected chi connectivity index (χ4v) is 3.17. The minimum atomic E-state index is 0.176. The predicted molar refractivity (Wildman–Crippen MR) is 70.6 cm³/mol. The number of fused-ring (bicyclic) bond motifs is 1. The Hall–Kier alpha value is -1.39. The maximum absolute atomic E-state index is 9.19. The average Bonchev–Trinajstić information content (AvgIpc) is 2.93. The molecule has 0 radical (unpaired) electrons. The van der Waals surface area contributed by atoms with Gasteiger partial charge in [0.15, 0.2) is 5.50 Å². The van der Waals surface area contributed by atoms with E-state index < -0.39 is 0 Å². The summed E-state index contributed by atoms with van der Waals surface area (Å²) in [6, 6.07) is 10.3. The molecule has 0 spiro atoms. The van der Waals surface area contributed by atoms with Gasteiger partial charge >= 0.3 is 0 Å². The lowest BCUT2D eigenvalue weighted by Gasteiger charge is -2.28. The second-order valence-electron chi connectivity index (χ2n) is 3.99. The molecule has 4 heteroatoms. The van der Waals surface area contributed by atoms with Gasteiger partial charge in [-0.15, -0.1) is 0 Å². The maximum Gasteiger partial charge on any atom is 0.158 e. The van der Waals surface area contributed by atoms with E-state index in [9.17, 15) is 5.11 Å². The van der Waals surface area contributed by atoms with Crippen LogP contribution in [0.5, 0.6) is 0 Å². The van der Waals surface area contributed by atoms with Gasteiger partial charge in [0.05, 0.1) is 12.3 Å². The van der Waals surface area contributed by atoms with Crippen LogP contribution in [0.15, 0.2) is 48.1 Å². The number of β-amino-alcohol motifs (C(OH)–C–C–N with tert-alkyl or cyclic N) is 1. The Kier molecular flexibility index (Phi) is 2.82. The summed E-state index contributed by atoms with van der Waals surface area (Å²) < 4.78 is 0. The third-order valence-corrected chi connectivity index (χ3v) is 3.97. The molecule has 0 fully saturated rings. The van der Waals surface area contributed by atoms with Crippen molar-refractivity contribution in [2.45, 2.75) is 5.50 Å². The van der Waals surface area contributed by atoms with Gasteiger partial charge in [-0.3, -0.25) is 0 Å².